The summed E-state index contributed by atoms with van der Waals surface area (Å²) in [5, 5.41) is 0. The molecule has 1 rings (SSSR count). The monoisotopic (exact) mass is 401 g/mol. The van der Waals surface area contributed by atoms with Crippen LogP contribution in [0.4, 0.5) is 0 Å². The lowest BCUT2D eigenvalue weighted by Gasteiger charge is -2.39. The van der Waals surface area contributed by atoms with Crippen LogP contribution in [-0.2, 0) is 44.2 Å². The Morgan fingerprint density at radius 3 is 2.09 bits per heavy atom. The van der Waals surface area contributed by atoms with Gasteiger partial charge in [0.05, 0.1) is 25.4 Å². The molecule has 1 aliphatic rings. The van der Waals surface area contributed by atoms with E-state index in [1.807, 2.05) is 0 Å². The molecule has 1 fully saturated rings. The Kier molecular flexibility index (Phi) is 6.47. The summed E-state index contributed by atoms with van der Waals surface area (Å²) < 4.78 is 106. The van der Waals surface area contributed by atoms with Crippen molar-refractivity contribution in [2.24, 2.45) is 5.92 Å². The van der Waals surface area contributed by atoms with Crippen LogP contribution in [0.15, 0.2) is 0 Å². The van der Waals surface area contributed by atoms with Gasteiger partial charge in [0.1, 0.15) is 6.10 Å². The maximum Gasteiger partial charge on any atom is 0.397 e. The summed E-state index contributed by atoms with van der Waals surface area (Å²) in [6, 6.07) is -1.40. The van der Waals surface area contributed by atoms with Crippen molar-refractivity contribution in [2.45, 2.75) is 25.2 Å². The lowest BCUT2D eigenvalue weighted by atomic mass is 9.91. The highest BCUT2D eigenvalue weighted by molar-refractivity contribution is 7.83. The van der Waals surface area contributed by atoms with E-state index in [2.05, 4.69) is 8.37 Å². The summed E-state index contributed by atoms with van der Waals surface area (Å²) >= 11 is 0. The smallest absolute Gasteiger partial charge is 0.374 e. The number of hydrogen-bond acceptors (Lipinski definition) is 9. The minimum atomic E-state index is -4.99. The molecule has 0 bridgehead atoms. The van der Waals surface area contributed by atoms with Gasteiger partial charge in [-0.25, -0.2) is 8.37 Å². The molecule has 0 saturated carbocycles. The average molecular weight is 401 g/mol. The second-order valence-electron chi connectivity index (χ2n) is 4.63. The van der Waals surface area contributed by atoms with E-state index in [1.165, 1.54) is 6.92 Å². The van der Waals surface area contributed by atoms with Crippen LogP contribution >= 0.6 is 0 Å². The molecule has 0 spiro atoms. The van der Waals surface area contributed by atoms with Crippen molar-refractivity contribution in [1.82, 2.24) is 4.72 Å². The van der Waals surface area contributed by atoms with Crippen molar-refractivity contribution in [3.8, 4) is 0 Å². The van der Waals surface area contributed by atoms with Crippen LogP contribution in [0.25, 0.3) is 0 Å². The molecule has 0 aromatic carbocycles. The fourth-order valence-electron chi connectivity index (χ4n) is 1.99. The van der Waals surface area contributed by atoms with Crippen molar-refractivity contribution in [3.05, 3.63) is 0 Å². The largest absolute Gasteiger partial charge is 0.397 e. The van der Waals surface area contributed by atoms with Crippen LogP contribution in [0.5, 0.6) is 0 Å². The number of hydrogen-bond donors (Lipinski definition) is 4. The van der Waals surface area contributed by atoms with Crippen molar-refractivity contribution in [2.75, 3.05) is 13.2 Å². The molecule has 0 amide bonds. The Balaban J connectivity index is 2.95. The van der Waals surface area contributed by atoms with Gasteiger partial charge in [0.15, 0.2) is 0 Å². The third-order valence-electron chi connectivity index (χ3n) is 2.91. The Labute approximate surface area is 132 Å². The average Bonchev–Trinajstić information content (AvgIpc) is 2.28. The molecule has 1 aliphatic heterocycles. The van der Waals surface area contributed by atoms with E-state index < -0.39 is 68.5 Å². The lowest BCUT2D eigenvalue weighted by Crippen LogP contribution is -2.58. The third-order valence-corrected chi connectivity index (χ3v) is 4.41. The quantitative estimate of drug-likeness (QED) is 0.335. The van der Waals surface area contributed by atoms with E-state index in [4.69, 9.17) is 18.4 Å². The Morgan fingerprint density at radius 2 is 1.65 bits per heavy atom. The van der Waals surface area contributed by atoms with Crippen molar-refractivity contribution < 1.29 is 52.0 Å². The van der Waals surface area contributed by atoms with Crippen molar-refractivity contribution in [1.29, 1.82) is 0 Å². The van der Waals surface area contributed by atoms with Crippen LogP contribution in [-0.4, -0.2) is 70.4 Å². The zero-order valence-corrected chi connectivity index (χ0v) is 13.9. The second kappa shape index (κ2) is 7.21. The SMILES string of the molecule is CC1C(COS(=O)(=O)O)OCC(NS(=O)(=O)O)C1OS(=O)(=O)O. The molecule has 16 heteroatoms. The minimum Gasteiger partial charge on any atom is -0.374 e. The first-order chi connectivity index (χ1) is 10.2. The van der Waals surface area contributed by atoms with Gasteiger partial charge in [-0.3, -0.25) is 13.7 Å². The van der Waals surface area contributed by atoms with Crippen LogP contribution < -0.4 is 4.72 Å². The first-order valence-electron chi connectivity index (χ1n) is 5.82. The first kappa shape index (κ1) is 20.6. The summed E-state index contributed by atoms with van der Waals surface area (Å²) in [6.45, 7) is 0.0272. The van der Waals surface area contributed by atoms with Gasteiger partial charge in [-0.1, -0.05) is 6.92 Å². The van der Waals surface area contributed by atoms with Gasteiger partial charge >= 0.3 is 31.1 Å². The lowest BCUT2D eigenvalue weighted by molar-refractivity contribution is -0.106. The summed E-state index contributed by atoms with van der Waals surface area (Å²) in [5.74, 6) is -1.02. The molecular weight excluding hydrogens is 386 g/mol. The van der Waals surface area contributed by atoms with Gasteiger partial charge in [-0.15, -0.1) is 0 Å². The molecule has 4 N–H and O–H groups in total. The topological polar surface area (TPSA) is 203 Å². The molecule has 138 valence electrons. The van der Waals surface area contributed by atoms with E-state index in [9.17, 15) is 25.3 Å². The molecule has 0 aromatic rings. The third kappa shape index (κ3) is 7.79. The van der Waals surface area contributed by atoms with Crippen LogP contribution in [0.3, 0.4) is 0 Å². The van der Waals surface area contributed by atoms with E-state index in [-0.39, 0.29) is 0 Å². The molecule has 0 radical (unpaired) electrons. The first-order valence-corrected chi connectivity index (χ1v) is 9.99. The molecule has 23 heavy (non-hydrogen) atoms. The molecule has 1 heterocycles. The van der Waals surface area contributed by atoms with E-state index >= 15 is 0 Å². The van der Waals surface area contributed by atoms with Gasteiger partial charge in [-0.2, -0.15) is 30.0 Å². The Morgan fingerprint density at radius 1 is 1.09 bits per heavy atom. The zero-order chi connectivity index (χ0) is 18.1. The number of rotatable bonds is 7. The minimum absolute atomic E-state index is 0.538. The summed E-state index contributed by atoms with van der Waals surface area (Å²) in [4.78, 5) is 0. The molecule has 0 aromatic heterocycles. The van der Waals surface area contributed by atoms with E-state index in [0.717, 1.165) is 0 Å². The van der Waals surface area contributed by atoms with Gasteiger partial charge in [-0.05, 0) is 0 Å². The Bertz CT molecular complexity index is 712. The number of nitrogens with one attached hydrogen (secondary N) is 1. The van der Waals surface area contributed by atoms with Gasteiger partial charge in [0, 0.05) is 5.92 Å². The molecule has 4 unspecified atom stereocenters. The fourth-order valence-corrected chi connectivity index (χ4v) is 3.47. The van der Waals surface area contributed by atoms with Crippen LogP contribution in [0.2, 0.25) is 0 Å². The second-order valence-corrected chi connectivity index (χ2v) is 7.96. The highest BCUT2D eigenvalue weighted by Crippen LogP contribution is 2.26. The predicted molar refractivity (Wildman–Crippen MR) is 71.3 cm³/mol. The normalized spacial score (nSPS) is 30.3. The summed E-state index contributed by atoms with van der Waals surface area (Å²) in [6.07, 6.45) is -2.67. The van der Waals surface area contributed by atoms with E-state index in [1.54, 1.807) is 4.72 Å². The van der Waals surface area contributed by atoms with E-state index in [0.29, 0.717) is 0 Å². The van der Waals surface area contributed by atoms with Crippen LogP contribution in [0, 0.1) is 5.92 Å². The van der Waals surface area contributed by atoms with Gasteiger partial charge < -0.3 is 4.74 Å². The molecule has 4 atom stereocenters. The van der Waals surface area contributed by atoms with Crippen LogP contribution in [0.1, 0.15) is 6.92 Å². The molecule has 1 saturated heterocycles. The molecule has 13 nitrogen and oxygen atoms in total. The Hall–Kier alpha value is -0.430. The van der Waals surface area contributed by atoms with Gasteiger partial charge in [0.2, 0.25) is 0 Å². The standard InChI is InChI=1S/C7H15NO12S3/c1-4-6(3-19-22(12,13)14)18-2-5(8-21(9,10)11)7(4)20-23(15,16)17/h4-8H,2-3H2,1H3,(H,9,10,11)(H,12,13,14)(H,15,16,17). The molecule has 0 aliphatic carbocycles. The maximum absolute atomic E-state index is 10.9. The fraction of sp³-hybridized carbons (Fsp3) is 1.00. The summed E-state index contributed by atoms with van der Waals surface area (Å²) in [7, 11) is -14.5. The molecular formula is C7H15NO12S3. The number of ether oxygens (including phenoxy) is 1. The highest BCUT2D eigenvalue weighted by Gasteiger charge is 2.43. The zero-order valence-electron chi connectivity index (χ0n) is 11.5. The highest BCUT2D eigenvalue weighted by atomic mass is 32.3. The maximum atomic E-state index is 10.9. The van der Waals surface area contributed by atoms with Gasteiger partial charge in [0.25, 0.3) is 0 Å². The van der Waals surface area contributed by atoms with Crippen molar-refractivity contribution in [3.63, 3.8) is 0 Å². The van der Waals surface area contributed by atoms with Crippen molar-refractivity contribution >= 4 is 31.1 Å². The summed E-state index contributed by atoms with van der Waals surface area (Å²) in [5.41, 5.74) is 0. The predicted octanol–water partition coefficient (Wildman–Crippen LogP) is -2.21.